The lowest BCUT2D eigenvalue weighted by molar-refractivity contribution is 0.0827. The summed E-state index contributed by atoms with van der Waals surface area (Å²) in [6.07, 6.45) is 0. The first-order valence-electron chi connectivity index (χ1n) is 10.1. The van der Waals surface area contributed by atoms with Crippen LogP contribution in [0.4, 0.5) is 0 Å². The zero-order chi connectivity index (χ0) is 22.9. The summed E-state index contributed by atoms with van der Waals surface area (Å²) in [6.45, 7) is 5.58. The predicted molar refractivity (Wildman–Crippen MR) is 124 cm³/mol. The summed E-state index contributed by atoms with van der Waals surface area (Å²) in [4.78, 5) is 18.3. The summed E-state index contributed by atoms with van der Waals surface area (Å²) in [5.41, 5.74) is 2.60. The van der Waals surface area contributed by atoms with Crippen LogP contribution < -0.4 is 15.4 Å². The van der Waals surface area contributed by atoms with E-state index in [1.54, 1.807) is 50.5 Å². The maximum atomic E-state index is 12.3. The molecule has 3 N–H and O–H groups in total. The van der Waals surface area contributed by atoms with Crippen molar-refractivity contribution in [2.24, 2.45) is 4.99 Å². The molecule has 9 heteroatoms. The average molecular weight is 446 g/mol. The van der Waals surface area contributed by atoms with E-state index in [0.29, 0.717) is 31.2 Å². The number of rotatable bonds is 9. The highest BCUT2D eigenvalue weighted by molar-refractivity contribution is 7.89. The fourth-order valence-electron chi connectivity index (χ4n) is 2.69. The Morgan fingerprint density at radius 2 is 1.61 bits per heavy atom. The number of amides is 1. The molecular formula is C22H31N5O3S. The van der Waals surface area contributed by atoms with Gasteiger partial charge in [0.25, 0.3) is 5.91 Å². The van der Waals surface area contributed by atoms with Gasteiger partial charge in [-0.25, -0.2) is 18.1 Å². The zero-order valence-electron chi connectivity index (χ0n) is 18.5. The summed E-state index contributed by atoms with van der Waals surface area (Å²) in [7, 11) is -0.105. The van der Waals surface area contributed by atoms with Crippen molar-refractivity contribution in [2.45, 2.75) is 25.3 Å². The Labute approximate surface area is 184 Å². The predicted octanol–water partition coefficient (Wildman–Crippen LogP) is 1.73. The normalized spacial score (nSPS) is 11.8. The number of sulfonamides is 1. The quantitative estimate of drug-likeness (QED) is 0.310. The van der Waals surface area contributed by atoms with Gasteiger partial charge in [-0.2, -0.15) is 0 Å². The van der Waals surface area contributed by atoms with E-state index < -0.39 is 10.0 Å². The Bertz CT molecular complexity index is 985. The van der Waals surface area contributed by atoms with Crippen LogP contribution in [0.1, 0.15) is 28.4 Å². The second-order valence-corrected chi connectivity index (χ2v) is 9.00. The lowest BCUT2D eigenvalue weighted by Crippen LogP contribution is -2.41. The second-order valence-electron chi connectivity index (χ2n) is 7.23. The molecule has 2 aromatic rings. The maximum Gasteiger partial charge on any atom is 0.253 e. The first kappa shape index (κ1) is 24.4. The van der Waals surface area contributed by atoms with Crippen LogP contribution in [0.5, 0.6) is 0 Å². The van der Waals surface area contributed by atoms with Gasteiger partial charge in [0.15, 0.2) is 5.96 Å². The Kier molecular flexibility index (Phi) is 9.02. The molecule has 31 heavy (non-hydrogen) atoms. The second kappa shape index (κ2) is 11.5. The first-order chi connectivity index (χ1) is 14.7. The van der Waals surface area contributed by atoms with Crippen LogP contribution in [-0.2, 0) is 16.6 Å². The molecule has 0 saturated carbocycles. The molecule has 0 aromatic heterocycles. The fraction of sp³-hybridized carbons (Fsp3) is 0.364. The first-order valence-corrected chi connectivity index (χ1v) is 11.6. The topological polar surface area (TPSA) is 103 Å². The number of guanidine groups is 1. The molecule has 0 bridgehead atoms. The van der Waals surface area contributed by atoms with Gasteiger partial charge in [-0.05, 0) is 43.7 Å². The molecule has 0 fully saturated rings. The highest BCUT2D eigenvalue weighted by Gasteiger charge is 2.12. The fourth-order valence-corrected chi connectivity index (χ4v) is 3.72. The highest BCUT2D eigenvalue weighted by Crippen LogP contribution is 2.09. The Hall–Kier alpha value is -2.91. The molecule has 0 aliphatic rings. The molecule has 0 aliphatic carbocycles. The van der Waals surface area contributed by atoms with Crippen molar-refractivity contribution < 1.29 is 13.2 Å². The van der Waals surface area contributed by atoms with Crippen molar-refractivity contribution >= 4 is 21.9 Å². The van der Waals surface area contributed by atoms with E-state index in [4.69, 9.17) is 0 Å². The molecule has 0 radical (unpaired) electrons. The Morgan fingerprint density at radius 3 is 2.19 bits per heavy atom. The number of aliphatic imine (C=N–C) groups is 1. The van der Waals surface area contributed by atoms with Gasteiger partial charge in [0.2, 0.25) is 10.0 Å². The molecule has 0 saturated heterocycles. The molecule has 8 nitrogen and oxygen atoms in total. The van der Waals surface area contributed by atoms with Gasteiger partial charge >= 0.3 is 0 Å². The third-order valence-electron chi connectivity index (χ3n) is 4.41. The monoisotopic (exact) mass is 445 g/mol. The van der Waals surface area contributed by atoms with E-state index in [1.807, 2.05) is 26.0 Å². The van der Waals surface area contributed by atoms with Gasteiger partial charge in [0, 0.05) is 39.3 Å². The largest absolute Gasteiger partial charge is 0.357 e. The van der Waals surface area contributed by atoms with E-state index in [9.17, 15) is 13.2 Å². The lowest BCUT2D eigenvalue weighted by Gasteiger charge is -2.13. The molecule has 0 heterocycles. The molecule has 2 aromatic carbocycles. The van der Waals surface area contributed by atoms with Crippen molar-refractivity contribution in [2.75, 3.05) is 33.7 Å². The van der Waals surface area contributed by atoms with Gasteiger partial charge in [-0.3, -0.25) is 4.79 Å². The van der Waals surface area contributed by atoms with Crippen LogP contribution in [0.25, 0.3) is 0 Å². The number of benzene rings is 2. The molecule has 2 rings (SSSR count). The van der Waals surface area contributed by atoms with Crippen LogP contribution >= 0.6 is 0 Å². The summed E-state index contributed by atoms with van der Waals surface area (Å²) in [5.74, 6) is 0.545. The number of nitrogens with one attached hydrogen (secondary N) is 3. The lowest BCUT2D eigenvalue weighted by atomic mass is 10.1. The summed E-state index contributed by atoms with van der Waals surface area (Å²) >= 11 is 0. The van der Waals surface area contributed by atoms with Crippen molar-refractivity contribution in [1.29, 1.82) is 0 Å². The molecule has 0 unspecified atom stereocenters. The third kappa shape index (κ3) is 7.69. The minimum Gasteiger partial charge on any atom is -0.357 e. The minimum atomic E-state index is -3.54. The summed E-state index contributed by atoms with van der Waals surface area (Å²) in [5, 5.41) is 6.25. The third-order valence-corrected chi connectivity index (χ3v) is 5.89. The summed E-state index contributed by atoms with van der Waals surface area (Å²) < 4.78 is 27.2. The number of aryl methyl sites for hydroxylation is 1. The van der Waals surface area contributed by atoms with Crippen LogP contribution in [0.15, 0.2) is 58.4 Å². The van der Waals surface area contributed by atoms with E-state index in [2.05, 4.69) is 20.3 Å². The SMILES string of the molecule is CCNC(=NCc1ccc(C(=O)N(C)C)cc1)NCCNS(=O)(=O)c1ccc(C)cc1. The number of carbonyl (C=O) groups excluding carboxylic acids is 1. The van der Waals surface area contributed by atoms with E-state index >= 15 is 0 Å². The molecule has 0 aliphatic heterocycles. The van der Waals surface area contributed by atoms with Crippen molar-refractivity contribution in [3.63, 3.8) is 0 Å². The van der Waals surface area contributed by atoms with Crippen LogP contribution in [0.3, 0.4) is 0 Å². The molecule has 1 amide bonds. The van der Waals surface area contributed by atoms with Gasteiger partial charge in [0.1, 0.15) is 0 Å². The van der Waals surface area contributed by atoms with Gasteiger partial charge in [0.05, 0.1) is 11.4 Å². The molecular weight excluding hydrogens is 414 g/mol. The van der Waals surface area contributed by atoms with Crippen molar-refractivity contribution in [3.8, 4) is 0 Å². The number of hydrogen-bond acceptors (Lipinski definition) is 4. The van der Waals surface area contributed by atoms with E-state index in [-0.39, 0.29) is 17.3 Å². The van der Waals surface area contributed by atoms with Crippen molar-refractivity contribution in [3.05, 3.63) is 65.2 Å². The standard InChI is InChI=1S/C22H31N5O3S/c1-5-23-22(25-16-18-8-10-19(11-9-18)21(28)27(3)4)24-14-15-26-31(29,30)20-12-6-17(2)7-13-20/h6-13,26H,5,14-16H2,1-4H3,(H2,23,24,25). The molecule has 0 spiro atoms. The van der Waals surface area contributed by atoms with Crippen LogP contribution in [0, 0.1) is 6.92 Å². The highest BCUT2D eigenvalue weighted by atomic mass is 32.2. The van der Waals surface area contributed by atoms with Crippen molar-refractivity contribution in [1.82, 2.24) is 20.3 Å². The smallest absolute Gasteiger partial charge is 0.253 e. The Balaban J connectivity index is 1.88. The number of hydrogen-bond donors (Lipinski definition) is 3. The van der Waals surface area contributed by atoms with Gasteiger partial charge in [-0.15, -0.1) is 0 Å². The van der Waals surface area contributed by atoms with E-state index in [1.165, 1.54) is 4.90 Å². The Morgan fingerprint density at radius 1 is 0.968 bits per heavy atom. The molecule has 0 atom stereocenters. The van der Waals surface area contributed by atoms with E-state index in [0.717, 1.165) is 11.1 Å². The number of carbonyl (C=O) groups is 1. The van der Waals surface area contributed by atoms with Gasteiger partial charge in [-0.1, -0.05) is 29.8 Å². The van der Waals surface area contributed by atoms with Crippen LogP contribution in [-0.4, -0.2) is 58.9 Å². The van der Waals surface area contributed by atoms with Crippen LogP contribution in [0.2, 0.25) is 0 Å². The van der Waals surface area contributed by atoms with Gasteiger partial charge < -0.3 is 15.5 Å². The summed E-state index contributed by atoms with van der Waals surface area (Å²) in [6, 6.07) is 14.0. The zero-order valence-corrected chi connectivity index (χ0v) is 19.3. The minimum absolute atomic E-state index is 0.0434. The average Bonchev–Trinajstić information content (AvgIpc) is 2.75. The maximum absolute atomic E-state index is 12.3. The number of nitrogens with zero attached hydrogens (tertiary/aromatic N) is 2. The molecule has 168 valence electrons.